The average Bonchev–Trinajstić information content (AvgIpc) is 2.78. The van der Waals surface area contributed by atoms with E-state index in [0.29, 0.717) is 0 Å². The molecule has 0 radical (unpaired) electrons. The van der Waals surface area contributed by atoms with Crippen LogP contribution in [0.4, 0.5) is 0 Å². The highest BCUT2D eigenvalue weighted by atomic mass is 35.5. The van der Waals surface area contributed by atoms with Crippen molar-refractivity contribution in [3.63, 3.8) is 0 Å². The van der Waals surface area contributed by atoms with Crippen LogP contribution in [0.2, 0.25) is 0 Å². The second-order valence-electron chi connectivity index (χ2n) is 5.74. The number of hydrogen-bond donors (Lipinski definition) is 0. The van der Waals surface area contributed by atoms with E-state index in [0.717, 1.165) is 23.8 Å². The Morgan fingerprint density at radius 1 is 1.40 bits per heavy atom. The van der Waals surface area contributed by atoms with E-state index in [1.54, 1.807) is 0 Å². The molecule has 0 amide bonds. The number of hydrogen-bond acceptors (Lipinski definition) is 2. The number of fused-ring (bicyclic) bond motifs is 1. The Bertz CT molecular complexity index is 600. The lowest BCUT2D eigenvalue weighted by molar-refractivity contribution is 0.415. The fourth-order valence-electron chi connectivity index (χ4n) is 2.93. The number of aromatic nitrogens is 2. The van der Waals surface area contributed by atoms with Gasteiger partial charge >= 0.3 is 0 Å². The highest BCUT2D eigenvalue weighted by molar-refractivity contribution is 7.99. The van der Waals surface area contributed by atoms with Crippen LogP contribution in [0.1, 0.15) is 36.5 Å². The predicted octanol–water partition coefficient (Wildman–Crippen LogP) is 4.79. The fourth-order valence-corrected chi connectivity index (χ4v) is 4.30. The molecule has 0 N–H and O–H groups in total. The van der Waals surface area contributed by atoms with E-state index in [-0.39, 0.29) is 5.38 Å². The van der Waals surface area contributed by atoms with E-state index >= 15 is 0 Å². The first kappa shape index (κ1) is 14.3. The Balaban J connectivity index is 2.01. The molecular formula is C16H21ClN2S. The maximum atomic E-state index is 6.35. The molecule has 1 aromatic heterocycles. The summed E-state index contributed by atoms with van der Waals surface area (Å²) in [6.45, 7) is 5.22. The Morgan fingerprint density at radius 2 is 2.15 bits per heavy atom. The molecule has 1 aliphatic rings. The summed E-state index contributed by atoms with van der Waals surface area (Å²) in [6.07, 6.45) is 2.62. The van der Waals surface area contributed by atoms with Gasteiger partial charge in [0.15, 0.2) is 0 Å². The van der Waals surface area contributed by atoms with Crippen LogP contribution in [-0.2, 0) is 6.54 Å². The van der Waals surface area contributed by atoms with Gasteiger partial charge in [-0.2, -0.15) is 11.8 Å². The minimum absolute atomic E-state index is 0.0410. The molecule has 1 atom stereocenters. The Kier molecular flexibility index (Phi) is 4.27. The molecule has 1 saturated heterocycles. The van der Waals surface area contributed by atoms with Gasteiger partial charge in [0.1, 0.15) is 5.82 Å². The van der Waals surface area contributed by atoms with Gasteiger partial charge in [-0.25, -0.2) is 4.98 Å². The summed E-state index contributed by atoms with van der Waals surface area (Å²) in [5, 5.41) is -0.0410. The molecule has 1 aliphatic heterocycles. The van der Waals surface area contributed by atoms with Crippen molar-refractivity contribution in [2.24, 2.45) is 5.92 Å². The van der Waals surface area contributed by atoms with Crippen LogP contribution in [-0.4, -0.2) is 21.1 Å². The van der Waals surface area contributed by atoms with Gasteiger partial charge in [0.2, 0.25) is 0 Å². The lowest BCUT2D eigenvalue weighted by Crippen LogP contribution is -2.18. The summed E-state index contributed by atoms with van der Waals surface area (Å²) in [4.78, 5) is 4.74. The fraction of sp³-hybridized carbons (Fsp3) is 0.562. The highest BCUT2D eigenvalue weighted by Crippen LogP contribution is 2.30. The zero-order valence-corrected chi connectivity index (χ0v) is 13.7. The topological polar surface area (TPSA) is 17.8 Å². The number of thioether (sulfide) groups is 1. The molecule has 1 fully saturated rings. The zero-order valence-electron chi connectivity index (χ0n) is 12.1. The van der Waals surface area contributed by atoms with Gasteiger partial charge in [-0.05, 0) is 61.8 Å². The molecule has 0 bridgehead atoms. The maximum Gasteiger partial charge on any atom is 0.127 e. The number of benzene rings is 1. The summed E-state index contributed by atoms with van der Waals surface area (Å²) >= 11 is 8.43. The van der Waals surface area contributed by atoms with E-state index in [2.05, 4.69) is 41.5 Å². The van der Waals surface area contributed by atoms with Crippen molar-refractivity contribution >= 4 is 34.4 Å². The van der Waals surface area contributed by atoms with Crippen LogP contribution in [0.5, 0.6) is 0 Å². The van der Waals surface area contributed by atoms with Gasteiger partial charge in [-0.15, -0.1) is 11.6 Å². The Labute approximate surface area is 129 Å². The van der Waals surface area contributed by atoms with Gasteiger partial charge in [-0.3, -0.25) is 0 Å². The minimum Gasteiger partial charge on any atom is -0.326 e. The smallest absolute Gasteiger partial charge is 0.127 e. The molecule has 20 heavy (non-hydrogen) atoms. The molecule has 0 aliphatic carbocycles. The molecule has 1 aromatic carbocycles. The summed E-state index contributed by atoms with van der Waals surface area (Å²) in [5.41, 5.74) is 3.60. The van der Waals surface area contributed by atoms with Crippen molar-refractivity contribution in [3.8, 4) is 0 Å². The SMILES string of the molecule is Cc1ccc2nc(C(C)Cl)n(CC3CCSCC3)c2c1. The molecule has 2 nitrogen and oxygen atoms in total. The molecule has 2 aromatic rings. The first-order valence-electron chi connectivity index (χ1n) is 7.34. The van der Waals surface area contributed by atoms with Crippen molar-refractivity contribution in [2.75, 3.05) is 11.5 Å². The number of nitrogens with zero attached hydrogens (tertiary/aromatic N) is 2. The van der Waals surface area contributed by atoms with Crippen LogP contribution in [0.3, 0.4) is 0 Å². The largest absolute Gasteiger partial charge is 0.326 e. The Morgan fingerprint density at radius 3 is 2.85 bits per heavy atom. The van der Waals surface area contributed by atoms with E-state index in [9.17, 15) is 0 Å². The molecule has 3 rings (SSSR count). The second-order valence-corrected chi connectivity index (χ2v) is 7.62. The van der Waals surface area contributed by atoms with Gasteiger partial charge in [0.05, 0.1) is 16.4 Å². The summed E-state index contributed by atoms with van der Waals surface area (Å²) in [7, 11) is 0. The first-order chi connectivity index (χ1) is 9.65. The second kappa shape index (κ2) is 5.98. The van der Waals surface area contributed by atoms with Crippen molar-refractivity contribution in [2.45, 2.75) is 38.6 Å². The molecule has 1 unspecified atom stereocenters. The van der Waals surface area contributed by atoms with E-state index in [1.807, 2.05) is 6.92 Å². The van der Waals surface area contributed by atoms with Crippen LogP contribution in [0.25, 0.3) is 11.0 Å². The van der Waals surface area contributed by atoms with Crippen LogP contribution >= 0.6 is 23.4 Å². The normalized spacial score (nSPS) is 18.6. The van der Waals surface area contributed by atoms with Crippen LogP contribution < -0.4 is 0 Å². The van der Waals surface area contributed by atoms with E-state index < -0.39 is 0 Å². The summed E-state index contributed by atoms with van der Waals surface area (Å²) in [6, 6.07) is 6.48. The maximum absolute atomic E-state index is 6.35. The lowest BCUT2D eigenvalue weighted by atomic mass is 10.0. The van der Waals surface area contributed by atoms with Gasteiger partial charge in [0.25, 0.3) is 0 Å². The molecule has 4 heteroatoms. The van der Waals surface area contributed by atoms with E-state index in [1.165, 1.54) is 35.4 Å². The van der Waals surface area contributed by atoms with Crippen molar-refractivity contribution in [1.29, 1.82) is 0 Å². The van der Waals surface area contributed by atoms with Crippen molar-refractivity contribution in [1.82, 2.24) is 9.55 Å². The average molecular weight is 309 g/mol. The molecule has 2 heterocycles. The van der Waals surface area contributed by atoms with Crippen molar-refractivity contribution < 1.29 is 0 Å². The lowest BCUT2D eigenvalue weighted by Gasteiger charge is -2.23. The number of halogens is 1. The number of aryl methyl sites for hydroxylation is 1. The molecule has 108 valence electrons. The minimum atomic E-state index is -0.0410. The third kappa shape index (κ3) is 2.84. The third-order valence-corrected chi connectivity index (χ3v) is 5.31. The summed E-state index contributed by atoms with van der Waals surface area (Å²) in [5.74, 6) is 4.37. The van der Waals surface area contributed by atoms with Gasteiger partial charge in [0, 0.05) is 6.54 Å². The van der Waals surface area contributed by atoms with Crippen LogP contribution in [0, 0.1) is 12.8 Å². The molecule has 0 saturated carbocycles. The standard InChI is InChI=1S/C16H21ClN2S/c1-11-3-4-14-15(9-11)19(16(18-14)12(2)17)10-13-5-7-20-8-6-13/h3-4,9,12-13H,5-8,10H2,1-2H3. The van der Waals surface area contributed by atoms with Gasteiger partial charge in [-0.1, -0.05) is 6.07 Å². The number of alkyl halides is 1. The number of imidazole rings is 1. The quantitative estimate of drug-likeness (QED) is 0.759. The Hall–Kier alpha value is -0.670. The summed E-state index contributed by atoms with van der Waals surface area (Å²) < 4.78 is 2.36. The van der Waals surface area contributed by atoms with Gasteiger partial charge < -0.3 is 4.57 Å². The first-order valence-corrected chi connectivity index (χ1v) is 8.93. The monoisotopic (exact) mass is 308 g/mol. The van der Waals surface area contributed by atoms with Crippen LogP contribution in [0.15, 0.2) is 18.2 Å². The zero-order chi connectivity index (χ0) is 14.1. The highest BCUT2D eigenvalue weighted by Gasteiger charge is 2.20. The van der Waals surface area contributed by atoms with E-state index in [4.69, 9.17) is 16.6 Å². The predicted molar refractivity (Wildman–Crippen MR) is 88.8 cm³/mol. The number of rotatable bonds is 3. The van der Waals surface area contributed by atoms with Crippen molar-refractivity contribution in [3.05, 3.63) is 29.6 Å². The molecule has 0 spiro atoms. The molecular weight excluding hydrogens is 288 g/mol. The third-order valence-electron chi connectivity index (χ3n) is 4.07.